The monoisotopic (exact) mass is 463 g/mol. The van der Waals surface area contributed by atoms with Crippen LogP contribution in [0, 0.1) is 0 Å². The van der Waals surface area contributed by atoms with E-state index < -0.39 is 17.5 Å². The Hall–Kier alpha value is -4.05. The van der Waals surface area contributed by atoms with E-state index in [4.69, 9.17) is 14.8 Å². The van der Waals surface area contributed by atoms with Gasteiger partial charge in [-0.2, -0.15) is 0 Å². The second-order valence-electron chi connectivity index (χ2n) is 8.40. The lowest BCUT2D eigenvalue weighted by atomic mass is 9.74. The maximum Gasteiger partial charge on any atom is 0.532 e. The molecule has 0 fully saturated rings. The summed E-state index contributed by atoms with van der Waals surface area (Å²) < 4.78 is 6.85. The molecule has 0 radical (unpaired) electrons. The second-order valence-corrected chi connectivity index (χ2v) is 8.40. The lowest BCUT2D eigenvalue weighted by molar-refractivity contribution is -0.146. The minimum absolute atomic E-state index is 0.0294. The first-order chi connectivity index (χ1) is 16.4. The van der Waals surface area contributed by atoms with Gasteiger partial charge < -0.3 is 19.5 Å². The number of rotatable bonds is 4. The van der Waals surface area contributed by atoms with E-state index in [9.17, 15) is 19.5 Å². The van der Waals surface area contributed by atoms with Gasteiger partial charge in [-0.3, -0.25) is 14.4 Å². The molecule has 0 amide bonds. The third-order valence-electron chi connectivity index (χ3n) is 6.72. The number of aromatic nitrogens is 2. The molecular weight excluding hydrogens is 442 g/mol. The number of fused-ring (bicyclic) bond motifs is 5. The van der Waals surface area contributed by atoms with Gasteiger partial charge in [0.2, 0.25) is 0 Å². The summed E-state index contributed by atoms with van der Waals surface area (Å²) in [7, 11) is 0. The van der Waals surface area contributed by atoms with Crippen LogP contribution in [0.15, 0.2) is 40.3 Å². The van der Waals surface area contributed by atoms with Crippen LogP contribution in [0.25, 0.3) is 22.3 Å². The van der Waals surface area contributed by atoms with Crippen molar-refractivity contribution in [1.29, 1.82) is 0 Å². The minimum atomic E-state index is -1.54. The Bertz CT molecular complexity index is 1440. The van der Waals surface area contributed by atoms with Gasteiger partial charge in [-0.15, -0.1) is 0 Å². The highest BCUT2D eigenvalue weighted by Crippen LogP contribution is 2.41. The summed E-state index contributed by atoms with van der Waals surface area (Å²) in [5, 5.41) is 23.4. The highest BCUT2D eigenvalue weighted by Gasteiger charge is 2.40. The van der Waals surface area contributed by atoms with Gasteiger partial charge in [-0.25, -0.2) is 9.78 Å². The zero-order valence-corrected chi connectivity index (χ0v) is 18.3. The smallest absolute Gasteiger partial charge is 0.461 e. The van der Waals surface area contributed by atoms with Crippen LogP contribution >= 0.6 is 0 Å². The highest BCUT2D eigenvalue weighted by molar-refractivity contribution is 6.02. The van der Waals surface area contributed by atoms with E-state index in [1.807, 2.05) is 37.3 Å². The van der Waals surface area contributed by atoms with Crippen molar-refractivity contribution in [3.8, 4) is 11.4 Å². The SMILES string of the molecule is CCC1(CO)CC(=O)OCc2c1cc1n(c2=O)Cc2c-1nc1ccccc1c2/C=N/OC(=O)O. The van der Waals surface area contributed by atoms with Gasteiger partial charge in [0, 0.05) is 21.9 Å². The summed E-state index contributed by atoms with van der Waals surface area (Å²) in [6, 6.07) is 9.12. The number of aliphatic hydroxyl groups excluding tert-OH is 1. The molecule has 0 aliphatic carbocycles. The Morgan fingerprint density at radius 1 is 1.32 bits per heavy atom. The number of carbonyl (C=O) groups is 2. The van der Waals surface area contributed by atoms with Crippen LogP contribution in [0.3, 0.4) is 0 Å². The number of aliphatic hydroxyl groups is 1. The second kappa shape index (κ2) is 8.07. The Morgan fingerprint density at radius 3 is 2.85 bits per heavy atom. The molecule has 0 spiro atoms. The molecule has 4 heterocycles. The van der Waals surface area contributed by atoms with Gasteiger partial charge in [0.25, 0.3) is 5.56 Å². The first-order valence-electron chi connectivity index (χ1n) is 10.8. The molecule has 2 aliphatic rings. The number of oxime groups is 1. The molecule has 5 rings (SSSR count). The van der Waals surface area contributed by atoms with Crippen LogP contribution in [0.1, 0.15) is 42.0 Å². The number of esters is 1. The number of pyridine rings is 2. The van der Waals surface area contributed by atoms with Crippen molar-refractivity contribution in [2.24, 2.45) is 5.16 Å². The highest BCUT2D eigenvalue weighted by atomic mass is 16.7. The van der Waals surface area contributed by atoms with Crippen molar-refractivity contribution >= 4 is 29.2 Å². The van der Waals surface area contributed by atoms with E-state index in [2.05, 4.69) is 9.99 Å². The zero-order chi connectivity index (χ0) is 24.0. The molecule has 0 bridgehead atoms. The van der Waals surface area contributed by atoms with Crippen molar-refractivity contribution in [2.45, 2.75) is 38.3 Å². The molecule has 174 valence electrons. The predicted octanol–water partition coefficient (Wildman–Crippen LogP) is 2.54. The van der Waals surface area contributed by atoms with Gasteiger partial charge in [0.05, 0.1) is 48.3 Å². The first kappa shape index (κ1) is 21.8. The summed E-state index contributed by atoms with van der Waals surface area (Å²) in [5.74, 6) is -0.460. The van der Waals surface area contributed by atoms with E-state index in [1.54, 1.807) is 4.57 Å². The predicted molar refractivity (Wildman–Crippen MR) is 121 cm³/mol. The Labute approximate surface area is 193 Å². The number of hydrogen-bond acceptors (Lipinski definition) is 8. The van der Waals surface area contributed by atoms with Gasteiger partial charge in [-0.1, -0.05) is 30.3 Å². The molecule has 10 heteroatoms. The quantitative estimate of drug-likeness (QED) is 0.204. The summed E-state index contributed by atoms with van der Waals surface area (Å²) in [6.45, 7) is 1.56. The summed E-state index contributed by atoms with van der Waals surface area (Å²) in [4.78, 5) is 45.8. The third-order valence-corrected chi connectivity index (χ3v) is 6.72. The fraction of sp³-hybridized carbons (Fsp3) is 0.292. The number of benzene rings is 1. The molecule has 2 N–H and O–H groups in total. The largest absolute Gasteiger partial charge is 0.532 e. The van der Waals surface area contributed by atoms with E-state index in [0.29, 0.717) is 45.6 Å². The van der Waals surface area contributed by atoms with Crippen molar-refractivity contribution in [3.63, 3.8) is 0 Å². The maximum atomic E-state index is 13.6. The molecule has 2 aliphatic heterocycles. The van der Waals surface area contributed by atoms with Crippen molar-refractivity contribution in [2.75, 3.05) is 6.61 Å². The summed E-state index contributed by atoms with van der Waals surface area (Å²) in [6.07, 6.45) is 0.184. The Balaban J connectivity index is 1.78. The minimum Gasteiger partial charge on any atom is -0.461 e. The molecule has 0 saturated carbocycles. The summed E-state index contributed by atoms with van der Waals surface area (Å²) >= 11 is 0. The molecule has 1 aromatic carbocycles. The molecule has 1 unspecified atom stereocenters. The van der Waals surface area contributed by atoms with E-state index in [-0.39, 0.29) is 31.7 Å². The van der Waals surface area contributed by atoms with E-state index >= 15 is 0 Å². The zero-order valence-electron chi connectivity index (χ0n) is 18.3. The third kappa shape index (κ3) is 3.26. The first-order valence-corrected chi connectivity index (χ1v) is 10.8. The van der Waals surface area contributed by atoms with Crippen molar-refractivity contribution < 1.29 is 29.4 Å². The lowest BCUT2D eigenvalue weighted by Gasteiger charge is -2.30. The number of para-hydroxylation sites is 1. The van der Waals surface area contributed by atoms with Gasteiger partial charge in [0.15, 0.2) is 0 Å². The van der Waals surface area contributed by atoms with Crippen LogP contribution in [0.4, 0.5) is 4.79 Å². The standard InChI is InChI=1S/C24H21N3O7/c1-2-24(12-28)8-20(29)33-11-16-17(24)7-19-21-15(10-27(19)22(16)30)14(9-25-34-23(31)32)13-5-3-4-6-18(13)26-21/h3-7,9,28H,2,8,10-12H2,1H3,(H,31,32)/b25-9+. The van der Waals surface area contributed by atoms with E-state index in [1.165, 1.54) is 6.21 Å². The van der Waals surface area contributed by atoms with Crippen molar-refractivity contribution in [3.05, 3.63) is 62.9 Å². The number of cyclic esters (lactones) is 1. The normalized spacial score (nSPS) is 18.8. The average Bonchev–Trinajstić information content (AvgIpc) is 3.12. The van der Waals surface area contributed by atoms with Crippen LogP contribution in [-0.4, -0.2) is 44.7 Å². The fourth-order valence-electron chi connectivity index (χ4n) is 4.88. The maximum absolute atomic E-state index is 13.6. The van der Waals surface area contributed by atoms with Gasteiger partial charge >= 0.3 is 12.1 Å². The van der Waals surface area contributed by atoms with Crippen LogP contribution in [0.2, 0.25) is 0 Å². The van der Waals surface area contributed by atoms with Crippen LogP contribution < -0.4 is 5.56 Å². The fourth-order valence-corrected chi connectivity index (χ4v) is 4.88. The van der Waals surface area contributed by atoms with Crippen molar-refractivity contribution in [1.82, 2.24) is 9.55 Å². The van der Waals surface area contributed by atoms with Gasteiger partial charge in [-0.05, 0) is 24.1 Å². The number of ether oxygens (including phenoxy) is 1. The van der Waals surface area contributed by atoms with Crippen LogP contribution in [-0.2, 0) is 32.9 Å². The molecule has 1 atom stereocenters. The van der Waals surface area contributed by atoms with E-state index in [0.717, 1.165) is 5.39 Å². The number of hydrogen-bond donors (Lipinski definition) is 2. The number of carbonyl (C=O) groups excluding carboxylic acids is 1. The topological polar surface area (TPSA) is 140 Å². The molecule has 2 aromatic heterocycles. The Morgan fingerprint density at radius 2 is 2.12 bits per heavy atom. The average molecular weight is 463 g/mol. The molecule has 0 saturated heterocycles. The Kier molecular flexibility index (Phi) is 5.17. The molecule has 3 aromatic rings. The number of nitrogens with zero attached hydrogens (tertiary/aromatic N) is 3. The van der Waals surface area contributed by atoms with Crippen LogP contribution in [0.5, 0.6) is 0 Å². The molecule has 10 nitrogen and oxygen atoms in total. The lowest BCUT2D eigenvalue weighted by Crippen LogP contribution is -2.35. The summed E-state index contributed by atoms with van der Waals surface area (Å²) in [5.41, 5.74) is 2.70. The van der Waals surface area contributed by atoms with Gasteiger partial charge in [0.1, 0.15) is 6.61 Å². The number of carboxylic acid groups (broad SMARTS) is 1. The molecule has 34 heavy (non-hydrogen) atoms. The molecular formula is C24H21N3O7.